The van der Waals surface area contributed by atoms with E-state index >= 15 is 0 Å². The maximum Gasteiger partial charge on any atom is 0.0792 e. The summed E-state index contributed by atoms with van der Waals surface area (Å²) in [5, 5.41) is 14.5. The van der Waals surface area contributed by atoms with Crippen molar-refractivity contribution in [1.82, 2.24) is 9.97 Å². The third-order valence-corrected chi connectivity index (χ3v) is 12.1. The Morgan fingerprint density at radius 2 is 0.517 bits per heavy atom. The Morgan fingerprint density at radius 1 is 0.224 bits per heavy atom. The van der Waals surface area contributed by atoms with E-state index in [-0.39, 0.29) is 0 Å². The Balaban J connectivity index is 1.03. The molecule has 0 radical (unpaired) electrons. The predicted molar refractivity (Wildman–Crippen MR) is 246 cm³/mol. The Morgan fingerprint density at radius 3 is 0.931 bits per heavy atom. The summed E-state index contributed by atoms with van der Waals surface area (Å²) < 4.78 is 0. The van der Waals surface area contributed by atoms with Crippen LogP contribution in [-0.4, -0.2) is 9.97 Å². The molecule has 58 heavy (non-hydrogen) atoms. The predicted octanol–water partition coefficient (Wildman–Crippen LogP) is 15.2. The van der Waals surface area contributed by atoms with Crippen LogP contribution in [0.5, 0.6) is 0 Å². The van der Waals surface area contributed by atoms with Gasteiger partial charge in [0.2, 0.25) is 0 Å². The molecule has 0 N–H and O–H groups in total. The van der Waals surface area contributed by atoms with Gasteiger partial charge in [-0.05, 0) is 124 Å². The summed E-state index contributed by atoms with van der Waals surface area (Å²) in [5.41, 5.74) is 11.5. The molecule has 0 unspecified atom stereocenters. The number of pyridine rings is 2. The van der Waals surface area contributed by atoms with Crippen molar-refractivity contribution in [3.8, 4) is 44.5 Å². The average Bonchev–Trinajstić information content (AvgIpc) is 3.29. The number of aromatic nitrogens is 2. The number of rotatable bonds is 4. The maximum atomic E-state index is 5.06. The van der Waals surface area contributed by atoms with Crippen LogP contribution in [0.15, 0.2) is 207 Å². The van der Waals surface area contributed by atoms with Gasteiger partial charge in [-0.2, -0.15) is 0 Å². The molecule has 268 valence electrons. The number of benzene rings is 10. The zero-order chi connectivity index (χ0) is 38.2. The highest BCUT2D eigenvalue weighted by atomic mass is 14.7. The summed E-state index contributed by atoms with van der Waals surface area (Å²) in [7, 11) is 0. The van der Waals surface area contributed by atoms with E-state index in [0.29, 0.717) is 0 Å². The summed E-state index contributed by atoms with van der Waals surface area (Å²) in [4.78, 5) is 10.1. The molecule has 0 bridgehead atoms. The number of fused-ring (bicyclic) bond motifs is 7. The first-order valence-electron chi connectivity index (χ1n) is 19.9. The van der Waals surface area contributed by atoms with Crippen molar-refractivity contribution < 1.29 is 0 Å². The summed E-state index contributed by atoms with van der Waals surface area (Å²) in [6, 6.07) is 70.7. The number of hydrogen-bond donors (Lipinski definition) is 0. The molecule has 0 aliphatic heterocycles. The minimum atomic E-state index is 1.02. The first-order chi connectivity index (χ1) is 28.8. The molecule has 2 heterocycles. The Labute approximate surface area is 335 Å². The van der Waals surface area contributed by atoms with Gasteiger partial charge in [0.05, 0.1) is 11.0 Å². The van der Waals surface area contributed by atoms with Gasteiger partial charge in [-0.15, -0.1) is 0 Å². The second-order valence-corrected chi connectivity index (χ2v) is 15.3. The lowest BCUT2D eigenvalue weighted by Crippen LogP contribution is -1.93. The van der Waals surface area contributed by atoms with E-state index < -0.39 is 0 Å². The van der Waals surface area contributed by atoms with Crippen LogP contribution < -0.4 is 0 Å². The zero-order valence-corrected chi connectivity index (χ0v) is 31.5. The summed E-state index contributed by atoms with van der Waals surface area (Å²) in [6.07, 6.45) is 3.84. The zero-order valence-electron chi connectivity index (χ0n) is 31.5. The van der Waals surface area contributed by atoms with E-state index in [2.05, 4.69) is 194 Å². The van der Waals surface area contributed by atoms with E-state index in [1.54, 1.807) is 0 Å². The lowest BCUT2D eigenvalue weighted by molar-refractivity contribution is 1.42. The molecule has 12 rings (SSSR count). The van der Waals surface area contributed by atoms with Gasteiger partial charge in [0.15, 0.2) is 0 Å². The van der Waals surface area contributed by atoms with Crippen LogP contribution in [0.1, 0.15) is 0 Å². The van der Waals surface area contributed by atoms with Crippen LogP contribution in [0.25, 0.3) is 120 Å². The van der Waals surface area contributed by atoms with Crippen molar-refractivity contribution in [2.24, 2.45) is 0 Å². The van der Waals surface area contributed by atoms with Crippen molar-refractivity contribution >= 4 is 75.7 Å². The molecule has 0 saturated heterocycles. The first kappa shape index (κ1) is 32.6. The van der Waals surface area contributed by atoms with Gasteiger partial charge in [0, 0.05) is 34.3 Å². The monoisotopic (exact) mass is 734 g/mol. The third-order valence-electron chi connectivity index (χ3n) is 12.1. The van der Waals surface area contributed by atoms with Crippen molar-refractivity contribution in [1.29, 1.82) is 0 Å². The summed E-state index contributed by atoms with van der Waals surface area (Å²) in [5.74, 6) is 0. The fourth-order valence-electron chi connectivity index (χ4n) is 9.45. The fraction of sp³-hybridized carbons (Fsp3) is 0. The summed E-state index contributed by atoms with van der Waals surface area (Å²) in [6.45, 7) is 0. The molecule has 12 aromatic rings. The minimum Gasteiger partial charge on any atom is -0.256 e. The third kappa shape index (κ3) is 5.05. The molecule has 2 heteroatoms. The minimum absolute atomic E-state index is 1.02. The maximum absolute atomic E-state index is 5.06. The van der Waals surface area contributed by atoms with E-state index in [4.69, 9.17) is 9.97 Å². The molecule has 0 aliphatic rings. The van der Waals surface area contributed by atoms with Crippen molar-refractivity contribution in [2.45, 2.75) is 0 Å². The van der Waals surface area contributed by atoms with Gasteiger partial charge in [0.1, 0.15) is 0 Å². The quantitative estimate of drug-likeness (QED) is 0.168. The van der Waals surface area contributed by atoms with Crippen LogP contribution in [0.2, 0.25) is 0 Å². The molecule has 0 spiro atoms. The van der Waals surface area contributed by atoms with Gasteiger partial charge in [0.25, 0.3) is 0 Å². The van der Waals surface area contributed by atoms with Crippen LogP contribution in [0, 0.1) is 0 Å². The number of nitrogens with zero attached hydrogens (tertiary/aromatic N) is 2. The second-order valence-electron chi connectivity index (χ2n) is 15.3. The van der Waals surface area contributed by atoms with Crippen molar-refractivity contribution in [2.75, 3.05) is 0 Å². The molecule has 0 saturated carbocycles. The van der Waals surface area contributed by atoms with E-state index in [9.17, 15) is 0 Å². The normalized spacial score (nSPS) is 11.8. The van der Waals surface area contributed by atoms with Crippen LogP contribution in [0.3, 0.4) is 0 Å². The van der Waals surface area contributed by atoms with Crippen molar-refractivity contribution in [3.05, 3.63) is 207 Å². The van der Waals surface area contributed by atoms with Crippen LogP contribution in [0.4, 0.5) is 0 Å². The molecule has 2 nitrogen and oxygen atoms in total. The molecule has 0 atom stereocenters. The van der Waals surface area contributed by atoms with Gasteiger partial charge >= 0.3 is 0 Å². The fourth-order valence-corrected chi connectivity index (χ4v) is 9.45. The lowest BCUT2D eigenvalue weighted by Gasteiger charge is -2.18. The largest absolute Gasteiger partial charge is 0.256 e. The molecule has 10 aromatic carbocycles. The molecule has 0 fully saturated rings. The topological polar surface area (TPSA) is 25.8 Å². The average molecular weight is 735 g/mol. The highest BCUT2D eigenvalue weighted by Crippen LogP contribution is 2.46. The standard InChI is InChI=1S/C56H34N2/c1-3-13-37-31-43(25-21-35(37)11-1)53-47-17-7-5-15-45(47)51(49-19-9-29-57-55(49)53)41-27-23-40-34-42(28-24-39(40)33-41)52-46-16-6-8-18-48(46)54(56-50(52)20-10-30-58-56)44-26-22-36-12-2-4-14-38(36)32-44/h1-34H. The van der Waals surface area contributed by atoms with Gasteiger partial charge in [-0.3, -0.25) is 9.97 Å². The second kappa shape index (κ2) is 12.9. The Bertz CT molecular complexity index is 3280. The number of hydrogen-bond acceptors (Lipinski definition) is 2. The SMILES string of the molecule is c1ccc2cc(-c3c4ccccc4c(-c4ccc5cc(-c6c7ccccc7c(-c7ccc8ccccc8c7)c7ncccc67)ccc5c4)c4cccnc34)ccc2c1. The smallest absolute Gasteiger partial charge is 0.0792 e. The van der Waals surface area contributed by atoms with Crippen molar-refractivity contribution in [3.63, 3.8) is 0 Å². The molecule has 0 aliphatic carbocycles. The van der Waals surface area contributed by atoms with E-state index in [1.165, 1.54) is 98.4 Å². The van der Waals surface area contributed by atoms with Crippen LogP contribution >= 0.6 is 0 Å². The highest BCUT2D eigenvalue weighted by molar-refractivity contribution is 6.22. The molecule has 0 amide bonds. The molecule has 2 aromatic heterocycles. The van der Waals surface area contributed by atoms with Crippen LogP contribution in [-0.2, 0) is 0 Å². The Kier molecular flexibility index (Phi) is 7.26. The van der Waals surface area contributed by atoms with Gasteiger partial charge < -0.3 is 0 Å². The van der Waals surface area contributed by atoms with Gasteiger partial charge in [-0.1, -0.05) is 158 Å². The lowest BCUT2D eigenvalue weighted by atomic mass is 9.86. The summed E-state index contributed by atoms with van der Waals surface area (Å²) >= 11 is 0. The Hall–Kier alpha value is -7.68. The van der Waals surface area contributed by atoms with E-state index in [1.807, 2.05) is 12.4 Å². The first-order valence-corrected chi connectivity index (χ1v) is 19.9. The molecular weight excluding hydrogens is 701 g/mol. The molecular formula is C56H34N2. The highest BCUT2D eigenvalue weighted by Gasteiger charge is 2.20. The van der Waals surface area contributed by atoms with E-state index in [0.717, 1.165) is 21.8 Å². The van der Waals surface area contributed by atoms with Gasteiger partial charge in [-0.25, -0.2) is 0 Å².